The summed E-state index contributed by atoms with van der Waals surface area (Å²) < 4.78 is 24.3. The van der Waals surface area contributed by atoms with Crippen LogP contribution in [0.25, 0.3) is 0 Å². The summed E-state index contributed by atoms with van der Waals surface area (Å²) in [6.07, 6.45) is 2.95. The Balaban J connectivity index is 1.42. The number of methoxy groups -OCH3 is 2. The molecule has 0 aromatic heterocycles. The molecule has 1 heterocycles. The van der Waals surface area contributed by atoms with Gasteiger partial charge in [0.2, 0.25) is 11.8 Å². The quantitative estimate of drug-likeness (QED) is 0.689. The molecule has 0 radical (unpaired) electrons. The minimum Gasteiger partial charge on any atom is -0.497 e. The van der Waals surface area contributed by atoms with Crippen LogP contribution in [-0.2, 0) is 16.0 Å². The molecule has 2 aromatic carbocycles. The maximum absolute atomic E-state index is 13.8. The normalized spacial score (nSPS) is 14.2. The number of benzene rings is 2. The lowest BCUT2D eigenvalue weighted by molar-refractivity contribution is -0.132. The zero-order valence-electron chi connectivity index (χ0n) is 18.0. The van der Waals surface area contributed by atoms with Crippen LogP contribution in [0.15, 0.2) is 42.5 Å². The topological polar surface area (TPSA) is 67.9 Å². The summed E-state index contributed by atoms with van der Waals surface area (Å²) >= 11 is 0. The average molecular weight is 429 g/mol. The highest BCUT2D eigenvalue weighted by Crippen LogP contribution is 2.29. The molecule has 166 valence electrons. The van der Waals surface area contributed by atoms with Gasteiger partial charge in [-0.1, -0.05) is 18.2 Å². The van der Waals surface area contributed by atoms with E-state index in [4.69, 9.17) is 9.47 Å². The zero-order chi connectivity index (χ0) is 22.2. The summed E-state index contributed by atoms with van der Waals surface area (Å²) in [5, 5.41) is 2.89. The first-order valence-corrected chi connectivity index (χ1v) is 10.5. The summed E-state index contributed by atoms with van der Waals surface area (Å²) in [4.78, 5) is 26.7. The van der Waals surface area contributed by atoms with E-state index < -0.39 is 0 Å². The molecule has 1 aliphatic heterocycles. The van der Waals surface area contributed by atoms with E-state index in [2.05, 4.69) is 5.32 Å². The van der Waals surface area contributed by atoms with Gasteiger partial charge in [-0.15, -0.1) is 0 Å². The van der Waals surface area contributed by atoms with Crippen LogP contribution in [0.2, 0.25) is 0 Å². The number of amides is 2. The van der Waals surface area contributed by atoms with Crippen LogP contribution >= 0.6 is 0 Å². The van der Waals surface area contributed by atoms with Crippen LogP contribution in [0.5, 0.6) is 11.5 Å². The van der Waals surface area contributed by atoms with E-state index in [0.29, 0.717) is 48.2 Å². The van der Waals surface area contributed by atoms with E-state index in [1.54, 1.807) is 55.5 Å². The van der Waals surface area contributed by atoms with Crippen molar-refractivity contribution in [2.75, 3.05) is 32.6 Å². The van der Waals surface area contributed by atoms with Gasteiger partial charge in [0, 0.05) is 25.6 Å². The first-order chi connectivity index (χ1) is 15.0. The third-order valence-electron chi connectivity index (χ3n) is 5.73. The maximum atomic E-state index is 13.8. The van der Waals surface area contributed by atoms with Crippen molar-refractivity contribution in [1.82, 2.24) is 4.90 Å². The SMILES string of the molecule is COc1ccc(NC(=O)CCC2CCN(C(=O)Cc3ccccc3F)CC2)c(OC)c1. The number of nitrogens with one attached hydrogen (secondary N) is 1. The van der Waals surface area contributed by atoms with Crippen LogP contribution in [0.3, 0.4) is 0 Å². The van der Waals surface area contributed by atoms with E-state index in [-0.39, 0.29) is 24.1 Å². The second-order valence-electron chi connectivity index (χ2n) is 7.75. The smallest absolute Gasteiger partial charge is 0.227 e. The summed E-state index contributed by atoms with van der Waals surface area (Å²) in [6, 6.07) is 11.6. The molecule has 2 aromatic rings. The van der Waals surface area contributed by atoms with E-state index in [9.17, 15) is 14.0 Å². The molecule has 2 amide bonds. The van der Waals surface area contributed by atoms with Gasteiger partial charge >= 0.3 is 0 Å². The van der Waals surface area contributed by atoms with Gasteiger partial charge in [-0.25, -0.2) is 4.39 Å². The van der Waals surface area contributed by atoms with Gasteiger partial charge in [-0.3, -0.25) is 9.59 Å². The Hall–Kier alpha value is -3.09. The highest BCUT2D eigenvalue weighted by atomic mass is 19.1. The Bertz CT molecular complexity index is 910. The van der Waals surface area contributed by atoms with Gasteiger partial charge in [0.1, 0.15) is 17.3 Å². The maximum Gasteiger partial charge on any atom is 0.227 e. The second-order valence-corrected chi connectivity index (χ2v) is 7.75. The number of hydrogen-bond acceptors (Lipinski definition) is 4. The number of nitrogens with zero attached hydrogens (tertiary/aromatic N) is 1. The highest BCUT2D eigenvalue weighted by Gasteiger charge is 2.24. The molecule has 0 unspecified atom stereocenters. The van der Waals surface area contributed by atoms with Gasteiger partial charge in [-0.2, -0.15) is 0 Å². The van der Waals surface area contributed by atoms with Crippen molar-refractivity contribution in [1.29, 1.82) is 0 Å². The fourth-order valence-electron chi connectivity index (χ4n) is 3.84. The Morgan fingerprint density at radius 1 is 1.10 bits per heavy atom. The summed E-state index contributed by atoms with van der Waals surface area (Å²) in [7, 11) is 3.12. The molecule has 1 fully saturated rings. The third kappa shape index (κ3) is 6.20. The van der Waals surface area contributed by atoms with E-state index in [1.807, 2.05) is 0 Å². The molecule has 3 rings (SSSR count). The van der Waals surface area contributed by atoms with Gasteiger partial charge in [0.25, 0.3) is 0 Å². The highest BCUT2D eigenvalue weighted by molar-refractivity contribution is 5.92. The molecule has 0 aliphatic carbocycles. The third-order valence-corrected chi connectivity index (χ3v) is 5.73. The minimum absolute atomic E-state index is 0.0482. The number of likely N-dealkylation sites (tertiary alicyclic amines) is 1. The van der Waals surface area contributed by atoms with Crippen LogP contribution in [0.1, 0.15) is 31.2 Å². The lowest BCUT2D eigenvalue weighted by atomic mass is 9.91. The molecule has 0 spiro atoms. The molecule has 1 saturated heterocycles. The van der Waals surface area contributed by atoms with Crippen molar-refractivity contribution in [3.05, 3.63) is 53.8 Å². The second kappa shape index (κ2) is 10.8. The summed E-state index contributed by atoms with van der Waals surface area (Å²) in [5.74, 6) is 1.14. The first-order valence-electron chi connectivity index (χ1n) is 10.5. The number of rotatable bonds is 8. The molecule has 1 aliphatic rings. The Morgan fingerprint density at radius 3 is 2.52 bits per heavy atom. The fraction of sp³-hybridized carbons (Fsp3) is 0.417. The number of carbonyl (C=O) groups excluding carboxylic acids is 2. The predicted molar refractivity (Wildman–Crippen MR) is 117 cm³/mol. The zero-order valence-corrected chi connectivity index (χ0v) is 18.0. The molecule has 6 nitrogen and oxygen atoms in total. The number of piperidine rings is 1. The lowest BCUT2D eigenvalue weighted by Crippen LogP contribution is -2.39. The minimum atomic E-state index is -0.342. The molecule has 0 atom stereocenters. The van der Waals surface area contributed by atoms with Crippen LogP contribution in [0.4, 0.5) is 10.1 Å². The van der Waals surface area contributed by atoms with Crippen LogP contribution in [-0.4, -0.2) is 44.0 Å². The lowest BCUT2D eigenvalue weighted by Gasteiger charge is -2.32. The van der Waals surface area contributed by atoms with E-state index in [1.165, 1.54) is 6.07 Å². The first kappa shape index (κ1) is 22.6. The van der Waals surface area contributed by atoms with Crippen molar-refractivity contribution >= 4 is 17.5 Å². The van der Waals surface area contributed by atoms with Crippen molar-refractivity contribution in [2.24, 2.45) is 5.92 Å². The number of ether oxygens (including phenoxy) is 2. The molecule has 1 N–H and O–H groups in total. The van der Waals surface area contributed by atoms with Gasteiger partial charge < -0.3 is 19.7 Å². The number of carbonyl (C=O) groups is 2. The van der Waals surface area contributed by atoms with Gasteiger partial charge in [0.05, 0.1) is 26.3 Å². The molecular weight excluding hydrogens is 399 g/mol. The summed E-state index contributed by atoms with van der Waals surface area (Å²) in [6.45, 7) is 1.29. The molecule has 31 heavy (non-hydrogen) atoms. The standard InChI is InChI=1S/C24H29FN2O4/c1-30-19-8-9-21(22(16-19)31-2)26-23(28)10-7-17-11-13-27(14-12-17)24(29)15-18-5-3-4-6-20(18)25/h3-6,8-9,16-17H,7,10-15H2,1-2H3,(H,26,28). The largest absolute Gasteiger partial charge is 0.497 e. The number of anilines is 1. The predicted octanol–water partition coefficient (Wildman–Crippen LogP) is 4.04. The number of halogens is 1. The summed E-state index contributed by atoms with van der Waals surface area (Å²) in [5.41, 5.74) is 1.04. The van der Waals surface area contributed by atoms with Crippen molar-refractivity contribution in [2.45, 2.75) is 32.1 Å². The molecule has 7 heteroatoms. The number of hydrogen-bond donors (Lipinski definition) is 1. The van der Waals surface area contributed by atoms with Crippen molar-refractivity contribution < 1.29 is 23.5 Å². The van der Waals surface area contributed by atoms with Crippen molar-refractivity contribution in [3.63, 3.8) is 0 Å². The van der Waals surface area contributed by atoms with Gasteiger partial charge in [0.15, 0.2) is 0 Å². The van der Waals surface area contributed by atoms with Crippen LogP contribution < -0.4 is 14.8 Å². The Morgan fingerprint density at radius 2 is 1.84 bits per heavy atom. The van der Waals surface area contributed by atoms with Gasteiger partial charge in [-0.05, 0) is 48.9 Å². The Kier molecular flexibility index (Phi) is 7.87. The van der Waals surface area contributed by atoms with E-state index >= 15 is 0 Å². The van der Waals surface area contributed by atoms with E-state index in [0.717, 1.165) is 19.3 Å². The Labute approximate surface area is 182 Å². The van der Waals surface area contributed by atoms with Crippen molar-refractivity contribution in [3.8, 4) is 11.5 Å². The molecular formula is C24H29FN2O4. The monoisotopic (exact) mass is 428 g/mol. The van der Waals surface area contributed by atoms with Crippen LogP contribution in [0, 0.1) is 11.7 Å². The fourth-order valence-corrected chi connectivity index (χ4v) is 3.84. The average Bonchev–Trinajstić information content (AvgIpc) is 2.79. The molecule has 0 saturated carbocycles. The molecule has 0 bridgehead atoms.